The van der Waals surface area contributed by atoms with Crippen LogP contribution in [0.1, 0.15) is 0 Å². The first-order valence-corrected chi connectivity index (χ1v) is 8.87. The second-order valence-electron chi connectivity index (χ2n) is 6.18. The molecule has 1 fully saturated rings. The fourth-order valence-electron chi connectivity index (χ4n) is 3.16. The molecule has 1 aromatic heterocycles. The maximum atomic E-state index is 5.48. The molecule has 4 rings (SSSR count). The van der Waals surface area contributed by atoms with Gasteiger partial charge in [-0.15, -0.1) is 0 Å². The largest absolute Gasteiger partial charge is 0.497 e. The van der Waals surface area contributed by atoms with Crippen molar-refractivity contribution >= 4 is 28.4 Å². The van der Waals surface area contributed by atoms with Gasteiger partial charge in [-0.1, -0.05) is 12.1 Å². The number of hydrogen-bond donors (Lipinski definition) is 1. The van der Waals surface area contributed by atoms with Gasteiger partial charge in [0.25, 0.3) is 0 Å². The highest BCUT2D eigenvalue weighted by Gasteiger charge is 2.18. The zero-order chi connectivity index (χ0) is 18.6. The van der Waals surface area contributed by atoms with Gasteiger partial charge >= 0.3 is 0 Å². The minimum Gasteiger partial charge on any atom is -0.497 e. The van der Waals surface area contributed by atoms with E-state index in [9.17, 15) is 0 Å². The molecule has 0 radical (unpaired) electrons. The molecule has 0 unspecified atom stereocenters. The lowest BCUT2D eigenvalue weighted by molar-refractivity contribution is 0.122. The molecular formula is C20H22N4O3. The molecule has 0 bridgehead atoms. The Morgan fingerprint density at radius 1 is 1.00 bits per heavy atom. The third-order valence-corrected chi connectivity index (χ3v) is 4.55. The Hall–Kier alpha value is -3.06. The summed E-state index contributed by atoms with van der Waals surface area (Å²) in [4.78, 5) is 11.7. The number of benzene rings is 2. The van der Waals surface area contributed by atoms with Crippen molar-refractivity contribution in [2.24, 2.45) is 0 Å². The molecule has 1 saturated heterocycles. The van der Waals surface area contributed by atoms with Gasteiger partial charge in [0, 0.05) is 24.5 Å². The molecule has 1 N–H and O–H groups in total. The van der Waals surface area contributed by atoms with Crippen molar-refractivity contribution in [2.45, 2.75) is 0 Å². The fourth-order valence-corrected chi connectivity index (χ4v) is 3.16. The summed E-state index contributed by atoms with van der Waals surface area (Å²) in [6, 6.07) is 13.6. The summed E-state index contributed by atoms with van der Waals surface area (Å²) in [6.07, 6.45) is 0. The van der Waals surface area contributed by atoms with Gasteiger partial charge in [-0.2, -0.15) is 4.98 Å². The van der Waals surface area contributed by atoms with E-state index in [1.54, 1.807) is 14.2 Å². The molecule has 7 nitrogen and oxygen atoms in total. The van der Waals surface area contributed by atoms with Gasteiger partial charge in [-0.3, -0.25) is 0 Å². The van der Waals surface area contributed by atoms with E-state index in [-0.39, 0.29) is 0 Å². The minimum atomic E-state index is 0.516. The molecule has 0 atom stereocenters. The Bertz CT molecular complexity index is 942. The lowest BCUT2D eigenvalue weighted by Crippen LogP contribution is -2.37. The zero-order valence-electron chi connectivity index (χ0n) is 15.4. The Morgan fingerprint density at radius 3 is 2.59 bits per heavy atom. The topological polar surface area (TPSA) is 68.7 Å². The third kappa shape index (κ3) is 3.59. The van der Waals surface area contributed by atoms with Crippen LogP contribution in [0.3, 0.4) is 0 Å². The van der Waals surface area contributed by atoms with Crippen LogP contribution in [0.2, 0.25) is 0 Å². The summed E-state index contributed by atoms with van der Waals surface area (Å²) in [7, 11) is 3.27. The Labute approximate surface area is 157 Å². The third-order valence-electron chi connectivity index (χ3n) is 4.55. The highest BCUT2D eigenvalue weighted by Crippen LogP contribution is 2.32. The number of anilines is 3. The van der Waals surface area contributed by atoms with Crippen LogP contribution in [-0.2, 0) is 4.74 Å². The van der Waals surface area contributed by atoms with Gasteiger partial charge in [0.05, 0.1) is 38.6 Å². The molecule has 1 aliphatic heterocycles. The van der Waals surface area contributed by atoms with Crippen molar-refractivity contribution in [1.29, 1.82) is 0 Å². The van der Waals surface area contributed by atoms with Crippen LogP contribution in [0.15, 0.2) is 42.5 Å². The number of ether oxygens (including phenoxy) is 3. The maximum absolute atomic E-state index is 5.48. The Balaban J connectivity index is 1.76. The lowest BCUT2D eigenvalue weighted by atomic mass is 10.2. The van der Waals surface area contributed by atoms with Crippen LogP contribution in [0.25, 0.3) is 10.9 Å². The molecule has 7 heteroatoms. The predicted molar refractivity (Wildman–Crippen MR) is 105 cm³/mol. The summed E-state index contributed by atoms with van der Waals surface area (Å²) in [5.41, 5.74) is 1.64. The Morgan fingerprint density at radius 2 is 1.81 bits per heavy atom. The highest BCUT2D eigenvalue weighted by atomic mass is 16.5. The monoisotopic (exact) mass is 366 g/mol. The van der Waals surface area contributed by atoms with Crippen LogP contribution in [0.5, 0.6) is 11.5 Å². The van der Waals surface area contributed by atoms with Crippen molar-refractivity contribution in [1.82, 2.24) is 9.97 Å². The molecular weight excluding hydrogens is 344 g/mol. The molecule has 27 heavy (non-hydrogen) atoms. The van der Waals surface area contributed by atoms with E-state index < -0.39 is 0 Å². The summed E-state index contributed by atoms with van der Waals surface area (Å²) in [5.74, 6) is 2.85. The molecule has 0 aliphatic carbocycles. The number of morpholine rings is 1. The van der Waals surface area contributed by atoms with Gasteiger partial charge < -0.3 is 24.4 Å². The number of methoxy groups -OCH3 is 2. The number of rotatable bonds is 5. The quantitative estimate of drug-likeness (QED) is 0.743. The zero-order valence-corrected chi connectivity index (χ0v) is 15.4. The molecule has 1 aliphatic rings. The van der Waals surface area contributed by atoms with Crippen LogP contribution in [0.4, 0.5) is 17.5 Å². The SMILES string of the molecule is COc1ccc(OC)c(Nc2nc(N3CCOCC3)c3ccccc3n2)c1. The fraction of sp³-hybridized carbons (Fsp3) is 0.300. The average Bonchev–Trinajstić information content (AvgIpc) is 2.73. The normalized spacial score (nSPS) is 14.2. The minimum absolute atomic E-state index is 0.516. The molecule has 3 aromatic rings. The van der Waals surface area contributed by atoms with Crippen LogP contribution in [-0.4, -0.2) is 50.5 Å². The van der Waals surface area contributed by atoms with Gasteiger partial charge in [-0.05, 0) is 24.3 Å². The second-order valence-corrected chi connectivity index (χ2v) is 6.18. The van der Waals surface area contributed by atoms with Crippen molar-refractivity contribution in [3.05, 3.63) is 42.5 Å². The van der Waals surface area contributed by atoms with E-state index in [4.69, 9.17) is 19.2 Å². The van der Waals surface area contributed by atoms with Gasteiger partial charge in [0.2, 0.25) is 5.95 Å². The maximum Gasteiger partial charge on any atom is 0.229 e. The number of para-hydroxylation sites is 1. The van der Waals surface area contributed by atoms with E-state index in [0.717, 1.165) is 41.2 Å². The van der Waals surface area contributed by atoms with Crippen molar-refractivity contribution in [3.8, 4) is 11.5 Å². The predicted octanol–water partition coefficient (Wildman–Crippen LogP) is 3.23. The first-order valence-electron chi connectivity index (χ1n) is 8.87. The molecule has 2 aromatic carbocycles. The molecule has 140 valence electrons. The first-order chi connectivity index (χ1) is 13.3. The summed E-state index contributed by atoms with van der Waals surface area (Å²) in [5, 5.41) is 4.31. The number of hydrogen-bond acceptors (Lipinski definition) is 7. The van der Waals surface area contributed by atoms with Gasteiger partial charge in [0.1, 0.15) is 17.3 Å². The average molecular weight is 366 g/mol. The summed E-state index contributed by atoms with van der Waals surface area (Å²) in [6.45, 7) is 3.02. The van der Waals surface area contributed by atoms with E-state index >= 15 is 0 Å². The number of fused-ring (bicyclic) bond motifs is 1. The van der Waals surface area contributed by atoms with Crippen LogP contribution < -0.4 is 19.7 Å². The number of aromatic nitrogens is 2. The standard InChI is InChI=1S/C20H22N4O3/c1-25-14-7-8-18(26-2)17(13-14)22-20-21-16-6-4-3-5-15(16)19(23-20)24-9-11-27-12-10-24/h3-8,13H,9-12H2,1-2H3,(H,21,22,23). The second kappa shape index (κ2) is 7.67. The molecule has 0 saturated carbocycles. The van der Waals surface area contributed by atoms with Crippen LogP contribution >= 0.6 is 0 Å². The summed E-state index contributed by atoms with van der Waals surface area (Å²) < 4.78 is 16.3. The van der Waals surface area contributed by atoms with Gasteiger partial charge in [-0.25, -0.2) is 4.98 Å². The van der Waals surface area contributed by atoms with E-state index in [1.807, 2.05) is 36.4 Å². The molecule has 0 spiro atoms. The van der Waals surface area contributed by atoms with Crippen molar-refractivity contribution in [2.75, 3.05) is 50.7 Å². The van der Waals surface area contributed by atoms with E-state index in [1.165, 1.54) is 0 Å². The Kier molecular flexibility index (Phi) is 4.93. The van der Waals surface area contributed by atoms with E-state index in [2.05, 4.69) is 21.3 Å². The summed E-state index contributed by atoms with van der Waals surface area (Å²) >= 11 is 0. The number of nitrogens with zero attached hydrogens (tertiary/aromatic N) is 3. The van der Waals surface area contributed by atoms with Gasteiger partial charge in [0.15, 0.2) is 0 Å². The van der Waals surface area contributed by atoms with Crippen molar-refractivity contribution < 1.29 is 14.2 Å². The first kappa shape index (κ1) is 17.4. The van der Waals surface area contributed by atoms with E-state index in [0.29, 0.717) is 24.9 Å². The molecule has 0 amide bonds. The molecule has 2 heterocycles. The van der Waals surface area contributed by atoms with Crippen LogP contribution in [0, 0.1) is 0 Å². The number of nitrogens with one attached hydrogen (secondary N) is 1. The highest BCUT2D eigenvalue weighted by molar-refractivity contribution is 5.91. The lowest BCUT2D eigenvalue weighted by Gasteiger charge is -2.29. The van der Waals surface area contributed by atoms with Crippen molar-refractivity contribution in [3.63, 3.8) is 0 Å². The smallest absolute Gasteiger partial charge is 0.229 e.